The largest absolute Gasteiger partial charge is 0.372 e. The van der Waals surface area contributed by atoms with Crippen LogP contribution in [-0.2, 0) is 4.74 Å². The first kappa shape index (κ1) is 16.6. The zero-order valence-electron chi connectivity index (χ0n) is 13.9. The van der Waals surface area contributed by atoms with E-state index in [0.717, 1.165) is 30.9 Å². The molecule has 2 N–H and O–H groups in total. The lowest BCUT2D eigenvalue weighted by Crippen LogP contribution is -2.46. The number of hydrogen-bond donors (Lipinski definition) is 2. The molecule has 0 spiro atoms. The van der Waals surface area contributed by atoms with E-state index in [-0.39, 0.29) is 24.3 Å². The Morgan fingerprint density at radius 3 is 2.59 bits per heavy atom. The van der Waals surface area contributed by atoms with Crippen molar-refractivity contribution in [2.45, 2.75) is 52.4 Å². The van der Waals surface area contributed by atoms with Crippen LogP contribution in [-0.4, -0.2) is 37.4 Å². The number of amides is 2. The first-order chi connectivity index (χ1) is 10.5. The number of benzene rings is 1. The fourth-order valence-electron chi connectivity index (χ4n) is 2.71. The van der Waals surface area contributed by atoms with Crippen molar-refractivity contribution >= 4 is 17.4 Å². The minimum atomic E-state index is -0.156. The van der Waals surface area contributed by atoms with Crippen LogP contribution in [0.15, 0.2) is 24.3 Å². The Balaban J connectivity index is 2.11. The molecular weight excluding hydrogens is 278 g/mol. The number of urea groups is 1. The highest BCUT2D eigenvalue weighted by atomic mass is 16.5. The summed E-state index contributed by atoms with van der Waals surface area (Å²) in [6, 6.07) is 7.93. The summed E-state index contributed by atoms with van der Waals surface area (Å²) in [4.78, 5) is 14.4. The zero-order valence-corrected chi connectivity index (χ0v) is 13.9. The van der Waals surface area contributed by atoms with Gasteiger partial charge in [0.05, 0.1) is 23.6 Å². The van der Waals surface area contributed by atoms with Gasteiger partial charge < -0.3 is 20.3 Å². The molecular formula is C17H27N3O2. The van der Waals surface area contributed by atoms with Crippen LogP contribution < -0.4 is 15.5 Å². The van der Waals surface area contributed by atoms with Crippen molar-refractivity contribution in [1.82, 2.24) is 5.32 Å². The smallest absolute Gasteiger partial charge is 0.319 e. The zero-order chi connectivity index (χ0) is 16.1. The second-order valence-corrected chi connectivity index (χ2v) is 6.09. The number of morpholine rings is 1. The van der Waals surface area contributed by atoms with Crippen LogP contribution in [0.3, 0.4) is 0 Å². The Kier molecular flexibility index (Phi) is 5.66. The molecule has 2 rings (SSSR count). The van der Waals surface area contributed by atoms with Crippen molar-refractivity contribution in [3.05, 3.63) is 24.3 Å². The molecule has 2 amide bonds. The SMILES string of the molecule is CC[C@H](C)NC(=O)Nc1ccccc1N1C[C@@H](C)O[C@@H](C)C1. The molecule has 0 unspecified atom stereocenters. The van der Waals surface area contributed by atoms with Gasteiger partial charge in [0.25, 0.3) is 0 Å². The van der Waals surface area contributed by atoms with Crippen LogP contribution >= 0.6 is 0 Å². The Morgan fingerprint density at radius 2 is 1.95 bits per heavy atom. The quantitative estimate of drug-likeness (QED) is 0.898. The lowest BCUT2D eigenvalue weighted by Gasteiger charge is -2.37. The van der Waals surface area contributed by atoms with Crippen molar-refractivity contribution in [2.75, 3.05) is 23.3 Å². The highest BCUT2D eigenvalue weighted by molar-refractivity contribution is 5.93. The summed E-state index contributed by atoms with van der Waals surface area (Å²) < 4.78 is 5.78. The molecule has 3 atom stereocenters. The molecule has 1 saturated heterocycles. The molecule has 5 heteroatoms. The molecule has 1 fully saturated rings. The second kappa shape index (κ2) is 7.49. The number of ether oxygens (including phenoxy) is 1. The summed E-state index contributed by atoms with van der Waals surface area (Å²) in [7, 11) is 0. The fraction of sp³-hybridized carbons (Fsp3) is 0.588. The summed E-state index contributed by atoms with van der Waals surface area (Å²) in [5.41, 5.74) is 1.88. The van der Waals surface area contributed by atoms with Gasteiger partial charge in [0.15, 0.2) is 0 Å². The normalized spacial score (nSPS) is 23.0. The van der Waals surface area contributed by atoms with E-state index in [4.69, 9.17) is 4.74 Å². The van der Waals surface area contributed by atoms with E-state index in [1.807, 2.05) is 31.2 Å². The molecule has 0 aromatic heterocycles. The minimum absolute atomic E-state index is 0.156. The third-order valence-corrected chi connectivity index (χ3v) is 3.90. The summed E-state index contributed by atoms with van der Waals surface area (Å²) in [6.45, 7) is 9.86. The van der Waals surface area contributed by atoms with Crippen molar-refractivity contribution < 1.29 is 9.53 Å². The molecule has 0 bridgehead atoms. The van der Waals surface area contributed by atoms with Gasteiger partial charge in [-0.15, -0.1) is 0 Å². The first-order valence-electron chi connectivity index (χ1n) is 8.06. The summed E-state index contributed by atoms with van der Waals surface area (Å²) in [5, 5.41) is 5.90. The van der Waals surface area contributed by atoms with Crippen LogP contribution in [0.1, 0.15) is 34.1 Å². The molecule has 0 aliphatic carbocycles. The lowest BCUT2D eigenvalue weighted by molar-refractivity contribution is -0.00517. The third-order valence-electron chi connectivity index (χ3n) is 3.90. The van der Waals surface area contributed by atoms with E-state index in [1.54, 1.807) is 0 Å². The Labute approximate surface area is 133 Å². The van der Waals surface area contributed by atoms with Gasteiger partial charge in [-0.25, -0.2) is 4.79 Å². The van der Waals surface area contributed by atoms with Crippen LogP contribution in [0.5, 0.6) is 0 Å². The fourth-order valence-corrected chi connectivity index (χ4v) is 2.71. The molecule has 1 heterocycles. The number of nitrogens with zero attached hydrogens (tertiary/aromatic N) is 1. The number of rotatable bonds is 4. The van der Waals surface area contributed by atoms with Crippen molar-refractivity contribution in [2.24, 2.45) is 0 Å². The minimum Gasteiger partial charge on any atom is -0.372 e. The van der Waals surface area contributed by atoms with Crippen molar-refractivity contribution in [1.29, 1.82) is 0 Å². The maximum Gasteiger partial charge on any atom is 0.319 e. The van der Waals surface area contributed by atoms with E-state index in [9.17, 15) is 4.79 Å². The van der Waals surface area contributed by atoms with Gasteiger partial charge >= 0.3 is 6.03 Å². The molecule has 1 aliphatic rings. The Hall–Kier alpha value is -1.75. The van der Waals surface area contributed by atoms with Gasteiger partial charge in [0, 0.05) is 19.1 Å². The predicted molar refractivity (Wildman–Crippen MR) is 90.6 cm³/mol. The number of anilines is 2. The topological polar surface area (TPSA) is 53.6 Å². The van der Waals surface area contributed by atoms with Crippen LogP contribution in [0.2, 0.25) is 0 Å². The van der Waals surface area contributed by atoms with Crippen LogP contribution in [0.4, 0.5) is 16.2 Å². The first-order valence-corrected chi connectivity index (χ1v) is 8.06. The number of nitrogens with one attached hydrogen (secondary N) is 2. The van der Waals surface area contributed by atoms with E-state index in [1.165, 1.54) is 0 Å². The molecule has 1 aromatic rings. The maximum atomic E-state index is 12.1. The number of carbonyl (C=O) groups excluding carboxylic acids is 1. The molecule has 122 valence electrons. The highest BCUT2D eigenvalue weighted by Gasteiger charge is 2.24. The average molecular weight is 305 g/mol. The average Bonchev–Trinajstić information content (AvgIpc) is 2.46. The lowest BCUT2D eigenvalue weighted by atomic mass is 10.1. The summed E-state index contributed by atoms with van der Waals surface area (Å²) in [5.74, 6) is 0. The van der Waals surface area contributed by atoms with Gasteiger partial charge in [-0.2, -0.15) is 0 Å². The molecule has 0 radical (unpaired) electrons. The predicted octanol–water partition coefficient (Wildman–Crippen LogP) is 3.22. The molecule has 1 aromatic carbocycles. The van der Waals surface area contributed by atoms with Gasteiger partial charge in [0.1, 0.15) is 0 Å². The van der Waals surface area contributed by atoms with Crippen molar-refractivity contribution in [3.63, 3.8) is 0 Å². The monoisotopic (exact) mass is 305 g/mol. The van der Waals surface area contributed by atoms with Crippen LogP contribution in [0.25, 0.3) is 0 Å². The Morgan fingerprint density at radius 1 is 1.32 bits per heavy atom. The van der Waals surface area contributed by atoms with Gasteiger partial charge in [-0.3, -0.25) is 0 Å². The van der Waals surface area contributed by atoms with Crippen LogP contribution in [0, 0.1) is 0 Å². The second-order valence-electron chi connectivity index (χ2n) is 6.09. The standard InChI is InChI=1S/C17H27N3O2/c1-5-12(2)18-17(21)19-15-8-6-7-9-16(15)20-10-13(3)22-14(4)11-20/h6-9,12-14H,5,10-11H2,1-4H3,(H2,18,19,21)/t12-,13-,14+/m0/s1. The number of hydrogen-bond acceptors (Lipinski definition) is 3. The van der Waals surface area contributed by atoms with E-state index < -0.39 is 0 Å². The Bertz CT molecular complexity index is 496. The van der Waals surface area contributed by atoms with E-state index >= 15 is 0 Å². The number of carbonyl (C=O) groups is 1. The van der Waals surface area contributed by atoms with Gasteiger partial charge in [-0.05, 0) is 39.3 Å². The van der Waals surface area contributed by atoms with Gasteiger partial charge in [0.2, 0.25) is 0 Å². The molecule has 22 heavy (non-hydrogen) atoms. The van der Waals surface area contributed by atoms with Gasteiger partial charge in [-0.1, -0.05) is 19.1 Å². The third kappa shape index (κ3) is 4.37. The maximum absolute atomic E-state index is 12.1. The molecule has 1 aliphatic heterocycles. The summed E-state index contributed by atoms with van der Waals surface area (Å²) >= 11 is 0. The molecule has 5 nitrogen and oxygen atoms in total. The summed E-state index contributed by atoms with van der Waals surface area (Å²) in [6.07, 6.45) is 1.28. The van der Waals surface area contributed by atoms with E-state index in [2.05, 4.69) is 36.3 Å². The number of para-hydroxylation sites is 2. The highest BCUT2D eigenvalue weighted by Crippen LogP contribution is 2.28. The van der Waals surface area contributed by atoms with Crippen molar-refractivity contribution in [3.8, 4) is 0 Å². The van der Waals surface area contributed by atoms with E-state index in [0.29, 0.717) is 0 Å². The molecule has 0 saturated carbocycles.